The Hall–Kier alpha value is 0.220. The van der Waals surface area contributed by atoms with Crippen molar-refractivity contribution in [2.24, 2.45) is 0 Å². The Labute approximate surface area is 76.8 Å². The molecule has 0 radical (unpaired) electrons. The molecule has 0 aromatic heterocycles. The zero-order valence-corrected chi connectivity index (χ0v) is 8.97. The van der Waals surface area contributed by atoms with E-state index in [2.05, 4.69) is 5.32 Å². The van der Waals surface area contributed by atoms with E-state index in [1.54, 1.807) is 7.05 Å². The van der Waals surface area contributed by atoms with E-state index in [4.69, 9.17) is 33.8 Å². The second-order valence-electron chi connectivity index (χ2n) is 1.39. The van der Waals surface area contributed by atoms with Gasteiger partial charge in [0.2, 0.25) is 0 Å². The minimum Gasteiger partial charge on any atom is -0.395 e. The molecule has 0 fully saturated rings. The minimum atomic E-state index is -3.13. The van der Waals surface area contributed by atoms with Crippen LogP contribution in [0.15, 0.2) is 0 Å². The van der Waals surface area contributed by atoms with Crippen LogP contribution in [0.4, 0.5) is 0 Å². The summed E-state index contributed by atoms with van der Waals surface area (Å²) in [7, 11) is -4.46. The van der Waals surface area contributed by atoms with E-state index in [9.17, 15) is 0 Å². The number of rotatable bonds is 2. The van der Waals surface area contributed by atoms with Crippen molar-refractivity contribution in [3.8, 4) is 0 Å². The van der Waals surface area contributed by atoms with Crippen LogP contribution in [0.2, 0.25) is 0 Å². The van der Waals surface area contributed by atoms with Crippen molar-refractivity contribution < 1.29 is 33.8 Å². The lowest BCUT2D eigenvalue weighted by molar-refractivity contribution is 0.296. The van der Waals surface area contributed by atoms with Crippen LogP contribution in [-0.2, 0) is 9.13 Å². The van der Waals surface area contributed by atoms with Crippen molar-refractivity contribution >= 4 is 16.5 Å². The average Bonchev–Trinajstić information content (AvgIpc) is 1.86. The van der Waals surface area contributed by atoms with E-state index in [1.807, 2.05) is 0 Å². The predicted octanol–water partition coefficient (Wildman–Crippen LogP) is -2.08. The molecule has 0 saturated heterocycles. The molecule has 0 atom stereocenters. The van der Waals surface area contributed by atoms with Gasteiger partial charge >= 0.3 is 16.5 Å². The number of nitrogens with one attached hydrogen (secondary N) is 1. The van der Waals surface area contributed by atoms with Crippen LogP contribution >= 0.6 is 16.5 Å². The van der Waals surface area contributed by atoms with Crippen LogP contribution in [-0.4, -0.2) is 44.9 Å². The highest BCUT2D eigenvalue weighted by atomic mass is 31.1. The summed E-state index contributed by atoms with van der Waals surface area (Å²) in [6.45, 7) is 0.927. The molecule has 84 valence electrons. The van der Waals surface area contributed by atoms with Crippen LogP contribution < -0.4 is 5.32 Å². The largest absolute Gasteiger partial charge is 0.395 e. The first-order valence-electron chi connectivity index (χ1n) is 2.97. The lowest BCUT2D eigenvalue weighted by Gasteiger charge is -1.84. The van der Waals surface area contributed by atoms with Gasteiger partial charge < -0.3 is 30.0 Å². The molecular formula is C3H15NO7P2. The molecule has 13 heavy (non-hydrogen) atoms. The van der Waals surface area contributed by atoms with Gasteiger partial charge in [0.25, 0.3) is 0 Å². The Morgan fingerprint density at radius 2 is 1.31 bits per heavy atom. The van der Waals surface area contributed by atoms with Gasteiger partial charge in [0.1, 0.15) is 0 Å². The summed E-state index contributed by atoms with van der Waals surface area (Å²) < 4.78 is 17.5. The topological polar surface area (TPSA) is 147 Å². The zero-order valence-electron chi connectivity index (χ0n) is 6.97. The van der Waals surface area contributed by atoms with Crippen molar-refractivity contribution in [2.45, 2.75) is 0 Å². The van der Waals surface area contributed by atoms with E-state index in [1.165, 1.54) is 0 Å². The van der Waals surface area contributed by atoms with Crippen LogP contribution in [0.1, 0.15) is 0 Å². The molecule has 0 unspecified atom stereocenters. The summed E-state index contributed by atoms with van der Waals surface area (Å²) in [4.78, 5) is 28.6. The molecule has 0 aromatic carbocycles. The Kier molecular flexibility index (Phi) is 26.3. The molecule has 8 nitrogen and oxygen atoms in total. The highest BCUT2D eigenvalue weighted by Gasteiger charge is 1.65. The van der Waals surface area contributed by atoms with Gasteiger partial charge in [0.15, 0.2) is 0 Å². The first-order chi connectivity index (χ1) is 5.88. The van der Waals surface area contributed by atoms with Gasteiger partial charge in [-0.2, -0.15) is 0 Å². The summed E-state index contributed by atoms with van der Waals surface area (Å²) in [5.74, 6) is 0. The maximum absolute atomic E-state index is 8.74. The fraction of sp³-hybridized carbons (Fsp3) is 1.00. The van der Waals surface area contributed by atoms with Gasteiger partial charge in [-0.15, -0.1) is 0 Å². The number of likely N-dealkylation sites (N-methyl/N-ethyl adjacent to an activating group) is 1. The summed E-state index contributed by atoms with van der Waals surface area (Å²) in [6.07, 6.45) is 0. The third kappa shape index (κ3) is 259. The quantitative estimate of drug-likeness (QED) is 0.301. The third-order valence-corrected chi connectivity index (χ3v) is 0.362. The van der Waals surface area contributed by atoms with Crippen LogP contribution in [0.25, 0.3) is 0 Å². The summed E-state index contributed by atoms with van der Waals surface area (Å²) in [6, 6.07) is 0. The minimum absolute atomic E-state index is 0.233. The van der Waals surface area contributed by atoms with E-state index >= 15 is 0 Å². The molecule has 0 heterocycles. The lowest BCUT2D eigenvalue weighted by Crippen LogP contribution is -2.10. The van der Waals surface area contributed by atoms with Crippen LogP contribution in [0.3, 0.4) is 0 Å². The summed E-state index contributed by atoms with van der Waals surface area (Å²) >= 11 is 0. The normalized spacial score (nSPS) is 8.62. The molecule has 0 amide bonds. The van der Waals surface area contributed by atoms with E-state index in [0.29, 0.717) is 6.54 Å². The maximum Gasteiger partial charge on any atom is 0.314 e. The molecule has 0 bridgehead atoms. The Bertz CT molecular complexity index is 109. The molecule has 0 aromatic rings. The molecule has 0 rings (SSSR count). The summed E-state index contributed by atoms with van der Waals surface area (Å²) in [5, 5.41) is 10.8. The standard InChI is InChI=1S/C3H9NO.2H3O3P/c1-4-2-3-5;2*1-4(2)3/h4-5H,2-3H2,1H3;2*4H,(H2,1,2,3). The molecule has 0 spiro atoms. The number of hydrogen-bond acceptors (Lipinski definition) is 4. The Morgan fingerprint density at radius 1 is 1.08 bits per heavy atom. The van der Waals surface area contributed by atoms with Gasteiger partial charge in [-0.25, -0.2) is 0 Å². The van der Waals surface area contributed by atoms with Crippen molar-refractivity contribution in [3.63, 3.8) is 0 Å². The number of aliphatic hydroxyl groups excluding tert-OH is 1. The first-order valence-corrected chi connectivity index (χ1v) is 5.58. The van der Waals surface area contributed by atoms with Gasteiger partial charge in [0.05, 0.1) is 6.61 Å². The third-order valence-electron chi connectivity index (χ3n) is 0.362. The highest BCUT2D eigenvalue weighted by Crippen LogP contribution is 1.98. The monoisotopic (exact) mass is 239 g/mol. The smallest absolute Gasteiger partial charge is 0.314 e. The van der Waals surface area contributed by atoms with Crippen molar-refractivity contribution in [1.29, 1.82) is 0 Å². The van der Waals surface area contributed by atoms with Crippen molar-refractivity contribution in [1.82, 2.24) is 5.32 Å². The maximum atomic E-state index is 8.74. The molecule has 6 N–H and O–H groups in total. The SMILES string of the molecule is CNCCO.O=[PH](O)O.O=[PH](O)O. The predicted molar refractivity (Wildman–Crippen MR) is 47.9 cm³/mol. The average molecular weight is 239 g/mol. The zero-order chi connectivity index (χ0) is 11.3. The fourth-order valence-electron chi connectivity index (χ4n) is 0.112. The molecule has 0 aliphatic heterocycles. The molecular weight excluding hydrogens is 224 g/mol. The number of aliphatic hydroxyl groups is 1. The van der Waals surface area contributed by atoms with E-state index in [0.717, 1.165) is 0 Å². The van der Waals surface area contributed by atoms with Crippen molar-refractivity contribution in [2.75, 3.05) is 20.2 Å². The fourth-order valence-corrected chi connectivity index (χ4v) is 0.112. The van der Waals surface area contributed by atoms with E-state index in [-0.39, 0.29) is 6.61 Å². The van der Waals surface area contributed by atoms with Gasteiger partial charge in [0, 0.05) is 6.54 Å². The molecule has 0 saturated carbocycles. The number of hydrogen-bond donors (Lipinski definition) is 6. The molecule has 0 aliphatic rings. The highest BCUT2D eigenvalue weighted by molar-refractivity contribution is 7.31. The van der Waals surface area contributed by atoms with Crippen LogP contribution in [0.5, 0.6) is 0 Å². The Balaban J connectivity index is -0.000000117. The summed E-state index contributed by atoms with van der Waals surface area (Å²) in [5.41, 5.74) is 0. The second-order valence-corrected chi connectivity index (χ2v) is 2.52. The van der Waals surface area contributed by atoms with Gasteiger partial charge in [-0.1, -0.05) is 0 Å². The first kappa shape index (κ1) is 18.9. The van der Waals surface area contributed by atoms with Gasteiger partial charge in [-0.3, -0.25) is 9.13 Å². The molecule has 10 heteroatoms. The lowest BCUT2D eigenvalue weighted by atomic mass is 10.7. The second kappa shape index (κ2) is 18.1. The van der Waals surface area contributed by atoms with Crippen molar-refractivity contribution in [3.05, 3.63) is 0 Å². The van der Waals surface area contributed by atoms with E-state index < -0.39 is 16.5 Å². The van der Waals surface area contributed by atoms with Gasteiger partial charge in [-0.05, 0) is 7.05 Å². The molecule has 0 aliphatic carbocycles. The van der Waals surface area contributed by atoms with Crippen LogP contribution in [0, 0.1) is 0 Å². The Morgan fingerprint density at radius 3 is 1.31 bits per heavy atom.